The van der Waals surface area contributed by atoms with Crippen molar-refractivity contribution in [2.24, 2.45) is 0 Å². The molecule has 0 atom stereocenters. The molecule has 10 aromatic rings. The molecule has 2 aliphatic rings. The lowest BCUT2D eigenvalue weighted by Crippen LogP contribution is -2.25. The highest BCUT2D eigenvalue weighted by Crippen LogP contribution is 2.63. The molecule has 1 spiro atoms. The van der Waals surface area contributed by atoms with Crippen LogP contribution < -0.4 is 0 Å². The monoisotopic (exact) mass is 694 g/mol. The lowest BCUT2D eigenvalue weighted by Gasteiger charge is -2.30. The van der Waals surface area contributed by atoms with E-state index in [1.54, 1.807) is 0 Å². The SMILES string of the molecule is c1ccc(-c2ccc3cccc(-c4c5ccccc5c(-c5ccc6c(c5)-c5ccccc5C65c6ccccc6-c6ccccc65)c5ccccc45)c3c2)cc1. The van der Waals surface area contributed by atoms with Gasteiger partial charge in [0.05, 0.1) is 5.41 Å². The maximum absolute atomic E-state index is 2.49. The smallest absolute Gasteiger partial charge is 0.0622 e. The van der Waals surface area contributed by atoms with Gasteiger partial charge in [-0.3, -0.25) is 0 Å². The van der Waals surface area contributed by atoms with Crippen molar-refractivity contribution in [1.82, 2.24) is 0 Å². The van der Waals surface area contributed by atoms with Crippen molar-refractivity contribution >= 4 is 32.3 Å². The predicted molar refractivity (Wildman–Crippen MR) is 232 cm³/mol. The van der Waals surface area contributed by atoms with Crippen LogP contribution >= 0.6 is 0 Å². The van der Waals surface area contributed by atoms with Gasteiger partial charge in [-0.15, -0.1) is 0 Å². The number of hydrogen-bond donors (Lipinski definition) is 0. The van der Waals surface area contributed by atoms with E-state index >= 15 is 0 Å². The molecule has 55 heavy (non-hydrogen) atoms. The zero-order chi connectivity index (χ0) is 36.1. The van der Waals surface area contributed by atoms with Crippen LogP contribution in [0.5, 0.6) is 0 Å². The van der Waals surface area contributed by atoms with Crippen molar-refractivity contribution in [3.63, 3.8) is 0 Å². The molecule has 0 heteroatoms. The summed E-state index contributed by atoms with van der Waals surface area (Å²) in [6.45, 7) is 0. The average molecular weight is 695 g/mol. The van der Waals surface area contributed by atoms with Gasteiger partial charge < -0.3 is 0 Å². The standard InChI is InChI=1S/C55H34/c1-2-15-35(16-3-1)37-30-29-36-17-14-25-46(47(36)33-37)54-44-23-6-4-21-42(44)53(43-22-5-7-24-45(43)54)38-31-32-52-48(34-38)41-20-10-13-28-51(41)55(52)49-26-11-8-18-39(49)40-19-9-12-27-50(40)55/h1-34H. The first-order valence-corrected chi connectivity index (χ1v) is 19.3. The molecule has 0 radical (unpaired) electrons. The Morgan fingerprint density at radius 1 is 0.236 bits per heavy atom. The Labute approximate surface area is 320 Å². The van der Waals surface area contributed by atoms with Crippen LogP contribution in [-0.2, 0) is 5.41 Å². The molecule has 0 unspecified atom stereocenters. The number of rotatable bonds is 3. The predicted octanol–water partition coefficient (Wildman–Crippen LogP) is 14.5. The molecular formula is C55H34. The minimum atomic E-state index is -0.349. The molecule has 0 fully saturated rings. The van der Waals surface area contributed by atoms with Gasteiger partial charge in [0.25, 0.3) is 0 Å². The van der Waals surface area contributed by atoms with Gasteiger partial charge in [-0.05, 0) is 122 Å². The summed E-state index contributed by atoms with van der Waals surface area (Å²) in [6, 6.07) is 77.0. The Morgan fingerprint density at radius 3 is 1.33 bits per heavy atom. The Kier molecular flexibility index (Phi) is 6.36. The van der Waals surface area contributed by atoms with Gasteiger partial charge in [-0.1, -0.05) is 194 Å². The minimum Gasteiger partial charge on any atom is -0.0622 e. The molecule has 0 bridgehead atoms. The molecule has 12 rings (SSSR count). The van der Waals surface area contributed by atoms with E-state index in [1.165, 1.54) is 110 Å². The summed E-state index contributed by atoms with van der Waals surface area (Å²) in [5.41, 5.74) is 18.0. The van der Waals surface area contributed by atoms with Crippen molar-refractivity contribution in [3.05, 3.63) is 229 Å². The Hall–Kier alpha value is -7.02. The molecule has 0 aromatic heterocycles. The van der Waals surface area contributed by atoms with E-state index in [-0.39, 0.29) is 5.41 Å². The summed E-state index contributed by atoms with van der Waals surface area (Å²) in [7, 11) is 0. The number of hydrogen-bond acceptors (Lipinski definition) is 0. The molecule has 0 saturated carbocycles. The third-order valence-corrected chi connectivity index (χ3v) is 12.5. The zero-order valence-electron chi connectivity index (χ0n) is 30.1. The van der Waals surface area contributed by atoms with Crippen LogP contribution in [0, 0.1) is 0 Å². The van der Waals surface area contributed by atoms with Crippen LogP contribution in [0.3, 0.4) is 0 Å². The van der Waals surface area contributed by atoms with Gasteiger partial charge in [0.15, 0.2) is 0 Å². The number of benzene rings is 10. The fraction of sp³-hybridized carbons (Fsp3) is 0.0182. The van der Waals surface area contributed by atoms with E-state index in [9.17, 15) is 0 Å². The Bertz CT molecular complexity index is 3100. The lowest BCUT2D eigenvalue weighted by molar-refractivity contribution is 0.794. The fourth-order valence-corrected chi connectivity index (χ4v) is 10.3. The highest BCUT2D eigenvalue weighted by Gasteiger charge is 2.51. The van der Waals surface area contributed by atoms with Gasteiger partial charge in [-0.2, -0.15) is 0 Å². The van der Waals surface area contributed by atoms with Crippen LogP contribution in [-0.4, -0.2) is 0 Å². The first-order valence-electron chi connectivity index (χ1n) is 19.3. The molecule has 10 aromatic carbocycles. The topological polar surface area (TPSA) is 0 Å². The molecule has 0 amide bonds. The van der Waals surface area contributed by atoms with Crippen molar-refractivity contribution in [2.75, 3.05) is 0 Å². The summed E-state index contributed by atoms with van der Waals surface area (Å²) < 4.78 is 0. The van der Waals surface area contributed by atoms with Crippen molar-refractivity contribution in [1.29, 1.82) is 0 Å². The largest absolute Gasteiger partial charge is 0.0725 e. The molecule has 0 heterocycles. The van der Waals surface area contributed by atoms with Crippen LogP contribution in [0.1, 0.15) is 22.3 Å². The van der Waals surface area contributed by atoms with Crippen molar-refractivity contribution < 1.29 is 0 Å². The van der Waals surface area contributed by atoms with E-state index < -0.39 is 0 Å². The maximum Gasteiger partial charge on any atom is 0.0725 e. The lowest BCUT2D eigenvalue weighted by atomic mass is 9.70. The first kappa shape index (κ1) is 30.4. The second-order valence-electron chi connectivity index (χ2n) is 15.1. The van der Waals surface area contributed by atoms with E-state index in [0.717, 1.165) is 0 Å². The van der Waals surface area contributed by atoms with Crippen LogP contribution in [0.4, 0.5) is 0 Å². The quantitative estimate of drug-likeness (QED) is 0.162. The molecule has 254 valence electrons. The van der Waals surface area contributed by atoms with Gasteiger partial charge >= 0.3 is 0 Å². The number of fused-ring (bicyclic) bond motifs is 13. The molecule has 0 nitrogen and oxygen atoms in total. The second kappa shape index (κ2) is 11.5. The third-order valence-electron chi connectivity index (χ3n) is 12.5. The summed E-state index contributed by atoms with van der Waals surface area (Å²) in [5, 5.41) is 7.59. The minimum absolute atomic E-state index is 0.349. The normalized spacial score (nSPS) is 13.2. The van der Waals surface area contributed by atoms with E-state index in [0.29, 0.717) is 0 Å². The molecule has 0 N–H and O–H groups in total. The Morgan fingerprint density at radius 2 is 0.709 bits per heavy atom. The first-order chi connectivity index (χ1) is 27.3. The Balaban J connectivity index is 1.13. The second-order valence-corrected chi connectivity index (χ2v) is 15.1. The highest BCUT2D eigenvalue weighted by molar-refractivity contribution is 6.24. The highest BCUT2D eigenvalue weighted by atomic mass is 14.5. The molecule has 2 aliphatic carbocycles. The van der Waals surface area contributed by atoms with Crippen molar-refractivity contribution in [2.45, 2.75) is 5.41 Å². The van der Waals surface area contributed by atoms with E-state index in [2.05, 4.69) is 206 Å². The zero-order valence-corrected chi connectivity index (χ0v) is 30.1. The van der Waals surface area contributed by atoms with Crippen LogP contribution in [0.2, 0.25) is 0 Å². The average Bonchev–Trinajstić information content (AvgIpc) is 3.72. The summed E-state index contributed by atoms with van der Waals surface area (Å²) in [4.78, 5) is 0. The van der Waals surface area contributed by atoms with Crippen molar-refractivity contribution in [3.8, 4) is 55.6 Å². The third kappa shape index (κ3) is 4.12. The van der Waals surface area contributed by atoms with E-state index in [4.69, 9.17) is 0 Å². The van der Waals surface area contributed by atoms with Gasteiger partial charge in [0, 0.05) is 0 Å². The molecular weight excluding hydrogens is 661 g/mol. The maximum atomic E-state index is 2.49. The summed E-state index contributed by atoms with van der Waals surface area (Å²) in [6.07, 6.45) is 0. The molecule has 0 saturated heterocycles. The van der Waals surface area contributed by atoms with Gasteiger partial charge in [0.2, 0.25) is 0 Å². The van der Waals surface area contributed by atoms with Crippen LogP contribution in [0.25, 0.3) is 88.0 Å². The summed E-state index contributed by atoms with van der Waals surface area (Å²) >= 11 is 0. The summed E-state index contributed by atoms with van der Waals surface area (Å²) in [5.74, 6) is 0. The van der Waals surface area contributed by atoms with Gasteiger partial charge in [0.1, 0.15) is 0 Å². The van der Waals surface area contributed by atoms with Gasteiger partial charge in [-0.25, -0.2) is 0 Å². The molecule has 0 aliphatic heterocycles. The fourth-order valence-electron chi connectivity index (χ4n) is 10.3. The van der Waals surface area contributed by atoms with Crippen LogP contribution in [0.15, 0.2) is 206 Å². The van der Waals surface area contributed by atoms with E-state index in [1.807, 2.05) is 0 Å².